The third-order valence-electron chi connectivity index (χ3n) is 4.28. The third kappa shape index (κ3) is 2.55. The van der Waals surface area contributed by atoms with E-state index in [0.717, 1.165) is 30.9 Å². The minimum atomic E-state index is 0.285. The molecule has 1 aliphatic rings. The summed E-state index contributed by atoms with van der Waals surface area (Å²) in [4.78, 5) is 11.1. The van der Waals surface area contributed by atoms with Crippen molar-refractivity contribution >= 4 is 11.6 Å². The third-order valence-corrected chi connectivity index (χ3v) is 4.28. The first kappa shape index (κ1) is 14.1. The summed E-state index contributed by atoms with van der Waals surface area (Å²) in [5.41, 5.74) is 2.06. The van der Waals surface area contributed by atoms with E-state index >= 15 is 0 Å². The fraction of sp³-hybridized carbons (Fsp3) is 0.467. The number of methoxy groups -OCH3 is 1. The number of piperidine rings is 1. The molecule has 1 unspecified atom stereocenters. The molecule has 0 radical (unpaired) electrons. The van der Waals surface area contributed by atoms with E-state index in [1.54, 1.807) is 18.0 Å². The molecule has 8 heteroatoms. The monoisotopic (exact) mass is 313 g/mol. The van der Waals surface area contributed by atoms with E-state index in [1.807, 2.05) is 18.5 Å². The summed E-state index contributed by atoms with van der Waals surface area (Å²) in [6.07, 6.45) is 8.88. The van der Waals surface area contributed by atoms with Crippen LogP contribution < -0.4 is 4.90 Å². The Kier molecular flexibility index (Phi) is 3.66. The van der Waals surface area contributed by atoms with E-state index < -0.39 is 0 Å². The summed E-state index contributed by atoms with van der Waals surface area (Å²) in [5, 5.41) is 11.4. The minimum absolute atomic E-state index is 0.285. The number of hydrogen-bond acceptors (Lipinski definition) is 6. The van der Waals surface area contributed by atoms with Gasteiger partial charge in [0, 0.05) is 31.5 Å². The molecule has 0 aliphatic carbocycles. The van der Waals surface area contributed by atoms with Gasteiger partial charge in [-0.1, -0.05) is 0 Å². The van der Waals surface area contributed by atoms with Crippen molar-refractivity contribution in [3.63, 3.8) is 0 Å². The fourth-order valence-electron chi connectivity index (χ4n) is 3.27. The molecule has 0 spiro atoms. The van der Waals surface area contributed by atoms with Gasteiger partial charge in [-0.2, -0.15) is 19.7 Å². The number of anilines is 1. The van der Waals surface area contributed by atoms with Gasteiger partial charge in [0.15, 0.2) is 0 Å². The van der Waals surface area contributed by atoms with E-state index in [4.69, 9.17) is 4.74 Å². The van der Waals surface area contributed by atoms with Gasteiger partial charge in [0.2, 0.25) is 0 Å². The Labute approximate surface area is 133 Å². The Hall–Kier alpha value is -2.48. The van der Waals surface area contributed by atoms with E-state index in [9.17, 15) is 0 Å². The lowest BCUT2D eigenvalue weighted by molar-refractivity contribution is 0.181. The smallest absolute Gasteiger partial charge is 0.254 e. The number of nitrogens with one attached hydrogen (secondary N) is 1. The zero-order valence-corrected chi connectivity index (χ0v) is 13.0. The van der Waals surface area contributed by atoms with Crippen LogP contribution in [0.5, 0.6) is 0 Å². The van der Waals surface area contributed by atoms with Crippen LogP contribution in [0, 0.1) is 0 Å². The average molecular weight is 313 g/mol. The molecule has 1 N–H and O–H groups in total. The second-order valence-corrected chi connectivity index (χ2v) is 5.75. The highest BCUT2D eigenvalue weighted by atomic mass is 16.5. The lowest BCUT2D eigenvalue weighted by Crippen LogP contribution is -2.35. The molecule has 0 aromatic carbocycles. The molecule has 1 aliphatic heterocycles. The van der Waals surface area contributed by atoms with Crippen molar-refractivity contribution < 1.29 is 4.74 Å². The highest BCUT2D eigenvalue weighted by Gasteiger charge is 2.27. The van der Waals surface area contributed by atoms with Crippen LogP contribution in [0.2, 0.25) is 0 Å². The van der Waals surface area contributed by atoms with Gasteiger partial charge in [0.1, 0.15) is 12.1 Å². The normalized spacial score (nSPS) is 18.7. The first-order chi connectivity index (χ1) is 11.4. The van der Waals surface area contributed by atoms with Crippen LogP contribution in [0.3, 0.4) is 0 Å². The van der Waals surface area contributed by atoms with E-state index in [1.165, 1.54) is 12.0 Å². The Bertz CT molecular complexity index is 782. The summed E-state index contributed by atoms with van der Waals surface area (Å²) in [5.74, 6) is 1.61. The van der Waals surface area contributed by atoms with Crippen molar-refractivity contribution in [3.8, 4) is 0 Å². The molecule has 120 valence electrons. The minimum Gasteiger partial charge on any atom is -0.378 e. The van der Waals surface area contributed by atoms with Gasteiger partial charge in [-0.05, 0) is 19.3 Å². The summed E-state index contributed by atoms with van der Waals surface area (Å²) in [7, 11) is 1.67. The quantitative estimate of drug-likeness (QED) is 0.789. The zero-order valence-electron chi connectivity index (χ0n) is 13.0. The predicted molar refractivity (Wildman–Crippen MR) is 84.0 cm³/mol. The van der Waals surface area contributed by atoms with Crippen molar-refractivity contribution in [3.05, 3.63) is 36.0 Å². The molecule has 0 amide bonds. The average Bonchev–Trinajstić information content (AvgIpc) is 3.26. The second-order valence-electron chi connectivity index (χ2n) is 5.75. The topological polar surface area (TPSA) is 84.2 Å². The zero-order chi connectivity index (χ0) is 15.6. The Morgan fingerprint density at radius 1 is 1.39 bits per heavy atom. The van der Waals surface area contributed by atoms with Gasteiger partial charge in [-0.3, -0.25) is 5.10 Å². The molecule has 1 saturated heterocycles. The number of aromatic amines is 1. The Balaban J connectivity index is 1.80. The highest BCUT2D eigenvalue weighted by molar-refractivity contribution is 5.49. The molecule has 3 aromatic rings. The van der Waals surface area contributed by atoms with E-state index in [2.05, 4.69) is 30.2 Å². The van der Waals surface area contributed by atoms with Gasteiger partial charge in [-0.15, -0.1) is 0 Å². The van der Waals surface area contributed by atoms with Crippen LogP contribution in [0.25, 0.3) is 5.78 Å². The Morgan fingerprint density at radius 2 is 2.35 bits per heavy atom. The predicted octanol–water partition coefficient (Wildman–Crippen LogP) is 1.73. The Morgan fingerprint density at radius 3 is 3.17 bits per heavy atom. The largest absolute Gasteiger partial charge is 0.378 e. The molecule has 4 heterocycles. The molecule has 1 atom stereocenters. The molecule has 8 nitrogen and oxygen atoms in total. The number of aromatic nitrogens is 6. The van der Waals surface area contributed by atoms with Crippen LogP contribution >= 0.6 is 0 Å². The number of fused-ring (bicyclic) bond motifs is 1. The first-order valence-electron chi connectivity index (χ1n) is 7.81. The number of nitrogens with zero attached hydrogens (tertiary/aromatic N) is 6. The van der Waals surface area contributed by atoms with Crippen molar-refractivity contribution in [1.82, 2.24) is 29.8 Å². The molecule has 3 aromatic heterocycles. The summed E-state index contributed by atoms with van der Waals surface area (Å²) in [6.45, 7) is 1.43. The van der Waals surface area contributed by atoms with Crippen LogP contribution in [-0.4, -0.2) is 43.4 Å². The number of H-pyrrole nitrogens is 1. The van der Waals surface area contributed by atoms with Gasteiger partial charge >= 0.3 is 0 Å². The number of ether oxygens (including phenoxy) is 1. The molecule has 0 bridgehead atoms. The molecule has 1 fully saturated rings. The van der Waals surface area contributed by atoms with Crippen LogP contribution in [0.15, 0.2) is 24.8 Å². The van der Waals surface area contributed by atoms with E-state index in [0.29, 0.717) is 12.4 Å². The maximum absolute atomic E-state index is 5.24. The van der Waals surface area contributed by atoms with Crippen molar-refractivity contribution in [2.24, 2.45) is 0 Å². The highest BCUT2D eigenvalue weighted by Crippen LogP contribution is 2.34. The fourth-order valence-corrected chi connectivity index (χ4v) is 3.27. The number of rotatable bonds is 4. The van der Waals surface area contributed by atoms with E-state index in [-0.39, 0.29) is 6.04 Å². The van der Waals surface area contributed by atoms with Gasteiger partial charge in [0.25, 0.3) is 5.78 Å². The van der Waals surface area contributed by atoms with Gasteiger partial charge < -0.3 is 9.64 Å². The maximum atomic E-state index is 5.24. The molecule has 0 saturated carbocycles. The molecular formula is C15H19N7O. The molecular weight excluding hydrogens is 294 g/mol. The summed E-state index contributed by atoms with van der Waals surface area (Å²) in [6, 6.07) is 2.33. The van der Waals surface area contributed by atoms with Crippen molar-refractivity contribution in [2.45, 2.75) is 31.9 Å². The summed E-state index contributed by atoms with van der Waals surface area (Å²) >= 11 is 0. The van der Waals surface area contributed by atoms with Gasteiger partial charge in [0.05, 0.1) is 24.5 Å². The molecule has 23 heavy (non-hydrogen) atoms. The lowest BCUT2D eigenvalue weighted by atomic mass is 9.97. The van der Waals surface area contributed by atoms with Crippen LogP contribution in [0.4, 0.5) is 5.82 Å². The standard InChI is InChI=1S/C15H19N7O/c1-23-9-12-6-14(22-15(20-12)16-10-19-22)21-5-3-2-4-13(21)11-7-17-18-8-11/h6-8,10,13H,2-5,9H2,1H3,(H,17,18). The second kappa shape index (κ2) is 5.96. The number of hydrogen-bond donors (Lipinski definition) is 1. The van der Waals surface area contributed by atoms with Gasteiger partial charge in [-0.25, -0.2) is 4.98 Å². The van der Waals surface area contributed by atoms with Crippen LogP contribution in [-0.2, 0) is 11.3 Å². The molecule has 4 rings (SSSR count). The summed E-state index contributed by atoms with van der Waals surface area (Å²) < 4.78 is 7.04. The van der Waals surface area contributed by atoms with Crippen molar-refractivity contribution in [1.29, 1.82) is 0 Å². The van der Waals surface area contributed by atoms with Crippen LogP contribution in [0.1, 0.15) is 36.6 Å². The first-order valence-corrected chi connectivity index (χ1v) is 7.81. The maximum Gasteiger partial charge on any atom is 0.254 e. The lowest BCUT2D eigenvalue weighted by Gasteiger charge is -2.37. The SMILES string of the molecule is COCc1cc(N2CCCCC2c2cn[nH]c2)n2ncnc2n1. The van der Waals surface area contributed by atoms with Crippen molar-refractivity contribution in [2.75, 3.05) is 18.6 Å².